The molecule has 0 amide bonds. The number of nitrogens with one attached hydrogen (secondary N) is 1. The Morgan fingerprint density at radius 1 is 0.762 bits per heavy atom. The molecule has 5 aromatic carbocycles. The van der Waals surface area contributed by atoms with Gasteiger partial charge in [-0.2, -0.15) is 8.42 Å². The maximum atomic E-state index is 12.7. The summed E-state index contributed by atoms with van der Waals surface area (Å²) in [7, 11) is -4.37. The van der Waals surface area contributed by atoms with E-state index in [0.717, 1.165) is 44.0 Å². The van der Waals surface area contributed by atoms with E-state index in [1.54, 1.807) is 0 Å². The molecule has 0 aliphatic rings. The zero-order chi connectivity index (χ0) is 29.9. The summed E-state index contributed by atoms with van der Waals surface area (Å²) >= 11 is 0. The molecule has 0 bridgehead atoms. The van der Waals surface area contributed by atoms with Gasteiger partial charge >= 0.3 is 0 Å². The van der Waals surface area contributed by atoms with Crippen LogP contribution in [0, 0.1) is 0 Å². The van der Waals surface area contributed by atoms with Crippen molar-refractivity contribution in [3.05, 3.63) is 126 Å². The minimum atomic E-state index is -4.37. The van der Waals surface area contributed by atoms with Crippen molar-refractivity contribution in [2.24, 2.45) is 0 Å². The molecule has 2 N–H and O–H groups in total. The highest BCUT2D eigenvalue weighted by atomic mass is 32.2. The normalized spacial score (nSPS) is 14.5. The monoisotopic (exact) mass is 581 g/mol. The van der Waals surface area contributed by atoms with Crippen molar-refractivity contribution >= 4 is 31.7 Å². The number of hydrogen-bond donors (Lipinski definition) is 2. The third-order valence-corrected chi connectivity index (χ3v) is 8.75. The topological polar surface area (TPSA) is 75.6 Å². The van der Waals surface area contributed by atoms with Crippen LogP contribution in [0.25, 0.3) is 21.5 Å². The maximum Gasteiger partial charge on any atom is 0.281 e. The molecule has 218 valence electrons. The second-order valence-electron chi connectivity index (χ2n) is 12.0. The summed E-state index contributed by atoms with van der Waals surface area (Å²) in [5.41, 5.74) is 2.81. The molecule has 5 nitrogen and oxygen atoms in total. The van der Waals surface area contributed by atoms with E-state index in [2.05, 4.69) is 35.6 Å². The van der Waals surface area contributed by atoms with E-state index in [1.807, 2.05) is 107 Å². The summed E-state index contributed by atoms with van der Waals surface area (Å²) in [6, 6.07) is 36.4. The number of aryl methyl sites for hydroxylation is 1. The lowest BCUT2D eigenvalue weighted by Gasteiger charge is -2.30. The Labute approximate surface area is 249 Å². The Morgan fingerprint density at radius 3 is 2.07 bits per heavy atom. The van der Waals surface area contributed by atoms with Gasteiger partial charge in [0.1, 0.15) is 16.7 Å². The molecule has 0 heterocycles. The predicted molar refractivity (Wildman–Crippen MR) is 173 cm³/mol. The minimum Gasteiger partial charge on any atom is -0.488 e. The van der Waals surface area contributed by atoms with Crippen LogP contribution in [-0.2, 0) is 16.5 Å². The van der Waals surface area contributed by atoms with Gasteiger partial charge in [-0.25, -0.2) is 0 Å². The van der Waals surface area contributed by atoms with Crippen molar-refractivity contribution in [3.8, 4) is 5.75 Å². The number of fused-ring (bicyclic) bond motifs is 2. The van der Waals surface area contributed by atoms with Gasteiger partial charge in [0.15, 0.2) is 0 Å². The van der Waals surface area contributed by atoms with Crippen LogP contribution in [0.3, 0.4) is 0 Å². The molecule has 0 aliphatic carbocycles. The van der Waals surface area contributed by atoms with Crippen LogP contribution in [0.2, 0.25) is 0 Å². The van der Waals surface area contributed by atoms with Gasteiger partial charge in [-0.3, -0.25) is 9.87 Å². The summed E-state index contributed by atoms with van der Waals surface area (Å²) in [5, 5.41) is 6.63. The van der Waals surface area contributed by atoms with E-state index in [1.165, 1.54) is 0 Å². The average molecular weight is 582 g/mol. The van der Waals surface area contributed by atoms with Gasteiger partial charge in [-0.05, 0) is 90.9 Å². The highest BCUT2D eigenvalue weighted by Crippen LogP contribution is 2.33. The van der Waals surface area contributed by atoms with E-state index >= 15 is 0 Å². The summed E-state index contributed by atoms with van der Waals surface area (Å²) in [6.45, 7) is 8.02. The predicted octanol–water partition coefficient (Wildman–Crippen LogP) is 8.13. The second-order valence-corrected chi connectivity index (χ2v) is 13.6. The summed E-state index contributed by atoms with van der Waals surface area (Å²) in [4.78, 5) is 0. The van der Waals surface area contributed by atoms with Crippen LogP contribution in [0.1, 0.15) is 56.7 Å². The smallest absolute Gasteiger partial charge is 0.281 e. The van der Waals surface area contributed by atoms with Crippen molar-refractivity contribution < 1.29 is 17.7 Å². The fraction of sp³-hybridized carbons (Fsp3) is 0.278. The Morgan fingerprint density at radius 2 is 1.38 bits per heavy atom. The summed E-state index contributed by atoms with van der Waals surface area (Å²) in [5.74, 6) is 0.593. The van der Waals surface area contributed by atoms with Gasteiger partial charge in [-0.15, -0.1) is 0 Å². The number of hydrogen-bond acceptors (Lipinski definition) is 4. The zero-order valence-electron chi connectivity index (χ0n) is 24.6. The molecular formula is C36H39NO4S. The Hall–Kier alpha value is -3.71. The van der Waals surface area contributed by atoms with Crippen LogP contribution < -0.4 is 10.1 Å². The molecule has 0 spiro atoms. The molecule has 5 rings (SSSR count). The van der Waals surface area contributed by atoms with Crippen molar-refractivity contribution in [2.45, 2.75) is 63.5 Å². The molecule has 5 aromatic rings. The van der Waals surface area contributed by atoms with Crippen LogP contribution in [-0.4, -0.2) is 30.0 Å². The average Bonchev–Trinajstić information content (AvgIpc) is 2.95. The molecular weight excluding hydrogens is 542 g/mol. The first kappa shape index (κ1) is 29.8. The van der Waals surface area contributed by atoms with Gasteiger partial charge in [0, 0.05) is 12.0 Å². The van der Waals surface area contributed by atoms with E-state index < -0.39 is 15.5 Å². The van der Waals surface area contributed by atoms with E-state index in [0.29, 0.717) is 6.42 Å². The SMILES string of the molecule is CC(N[C@@H](CCc1cccc2ccccc12)S(=O)(=O)O)C(c1ccc(OC(C)(C)C)cc1)c1ccc2ccccc2c1. The highest BCUT2D eigenvalue weighted by Gasteiger charge is 2.30. The van der Waals surface area contributed by atoms with Gasteiger partial charge in [0.25, 0.3) is 10.1 Å². The maximum absolute atomic E-state index is 12.7. The fourth-order valence-electron chi connectivity index (χ4n) is 5.77. The Kier molecular flexibility index (Phi) is 8.69. The zero-order valence-corrected chi connectivity index (χ0v) is 25.4. The van der Waals surface area contributed by atoms with Crippen molar-refractivity contribution in [3.63, 3.8) is 0 Å². The molecule has 6 heteroatoms. The number of benzene rings is 5. The van der Waals surface area contributed by atoms with E-state index in [4.69, 9.17) is 4.74 Å². The molecule has 0 fully saturated rings. The van der Waals surface area contributed by atoms with Crippen molar-refractivity contribution in [1.29, 1.82) is 0 Å². The molecule has 42 heavy (non-hydrogen) atoms. The van der Waals surface area contributed by atoms with Crippen molar-refractivity contribution in [1.82, 2.24) is 5.32 Å². The first-order valence-corrected chi connectivity index (χ1v) is 15.9. The fourth-order valence-corrected chi connectivity index (χ4v) is 6.57. The molecule has 2 unspecified atom stereocenters. The van der Waals surface area contributed by atoms with Crippen LogP contribution in [0.4, 0.5) is 0 Å². The quantitative estimate of drug-likeness (QED) is 0.163. The molecule has 0 radical (unpaired) electrons. The molecule has 0 saturated carbocycles. The van der Waals surface area contributed by atoms with Gasteiger partial charge in [0.05, 0.1) is 0 Å². The highest BCUT2D eigenvalue weighted by molar-refractivity contribution is 7.86. The lowest BCUT2D eigenvalue weighted by molar-refractivity contribution is 0.131. The second kappa shape index (κ2) is 12.3. The first-order valence-electron chi connectivity index (χ1n) is 14.4. The third-order valence-electron chi connectivity index (χ3n) is 7.66. The molecule has 0 saturated heterocycles. The van der Waals surface area contributed by atoms with Crippen molar-refractivity contribution in [2.75, 3.05) is 0 Å². The lowest BCUT2D eigenvalue weighted by atomic mass is 9.84. The van der Waals surface area contributed by atoms with E-state index in [9.17, 15) is 13.0 Å². The van der Waals surface area contributed by atoms with Crippen LogP contribution in [0.15, 0.2) is 109 Å². The van der Waals surface area contributed by atoms with Gasteiger partial charge in [-0.1, -0.05) is 97.1 Å². The van der Waals surface area contributed by atoms with Crippen LogP contribution >= 0.6 is 0 Å². The molecule has 0 aromatic heterocycles. The third kappa shape index (κ3) is 7.19. The Bertz CT molecular complexity index is 1770. The van der Waals surface area contributed by atoms with Crippen LogP contribution in [0.5, 0.6) is 5.75 Å². The number of rotatable bonds is 10. The molecule has 0 aliphatic heterocycles. The van der Waals surface area contributed by atoms with Gasteiger partial charge < -0.3 is 4.74 Å². The Balaban J connectivity index is 1.46. The minimum absolute atomic E-state index is 0.180. The van der Waals surface area contributed by atoms with E-state index in [-0.39, 0.29) is 24.0 Å². The first-order chi connectivity index (χ1) is 20.0. The summed E-state index contributed by atoms with van der Waals surface area (Å²) < 4.78 is 41.7. The standard InChI is InChI=1S/C36H39NO4S/c1-25(37-34(42(38,39)40)23-20-28-14-9-13-27-11-7-8-15-33(27)28)35(29-18-21-32(22-19-29)41-36(2,3)4)31-17-16-26-10-5-6-12-30(26)24-31/h5-19,21-22,24-25,34-35,37H,20,23H2,1-4H3,(H,38,39,40)/t25?,34-,35?/m1/s1. The largest absolute Gasteiger partial charge is 0.488 e. The lowest BCUT2D eigenvalue weighted by Crippen LogP contribution is -2.45. The summed E-state index contributed by atoms with van der Waals surface area (Å²) in [6.07, 6.45) is 0.741. The van der Waals surface area contributed by atoms with Gasteiger partial charge in [0.2, 0.25) is 0 Å². The number of ether oxygens (including phenoxy) is 1. The molecule has 3 atom stereocenters.